The summed E-state index contributed by atoms with van der Waals surface area (Å²) in [5.41, 5.74) is 1.77. The molecule has 0 saturated carbocycles. The monoisotopic (exact) mass is 406 g/mol. The molecule has 0 unspecified atom stereocenters. The molecule has 0 radical (unpaired) electrons. The minimum absolute atomic E-state index is 0.0492. The van der Waals surface area contributed by atoms with Crippen molar-refractivity contribution in [1.82, 2.24) is 9.88 Å². The van der Waals surface area contributed by atoms with Gasteiger partial charge < -0.3 is 9.64 Å². The number of likely N-dealkylation sites (N-methyl/N-ethyl adjacent to an activating group) is 1. The summed E-state index contributed by atoms with van der Waals surface area (Å²) < 4.78 is 28.8. The first-order valence-corrected chi connectivity index (χ1v) is 11.3. The number of carbonyl (C=O) groups is 1. The van der Waals surface area contributed by atoms with E-state index in [1.165, 1.54) is 11.0 Å². The summed E-state index contributed by atoms with van der Waals surface area (Å²) in [6, 6.07) is 7.18. The smallest absolute Gasteiger partial charge is 0.246 e. The van der Waals surface area contributed by atoms with Crippen molar-refractivity contribution in [1.29, 1.82) is 0 Å². The molecule has 0 bridgehead atoms. The summed E-state index contributed by atoms with van der Waals surface area (Å²) in [5.74, 6) is 0.739. The Morgan fingerprint density at radius 2 is 2.11 bits per heavy atom. The summed E-state index contributed by atoms with van der Waals surface area (Å²) in [5, 5.41) is 2.99. The van der Waals surface area contributed by atoms with E-state index in [0.29, 0.717) is 13.0 Å². The van der Waals surface area contributed by atoms with Crippen molar-refractivity contribution in [2.45, 2.75) is 26.0 Å². The Labute approximate surface area is 163 Å². The Bertz CT molecular complexity index is 933. The Hall–Kier alpha value is -2.19. The lowest BCUT2D eigenvalue weighted by atomic mass is 10.2. The van der Waals surface area contributed by atoms with Crippen LogP contribution in [0.5, 0.6) is 5.75 Å². The van der Waals surface area contributed by atoms with Crippen LogP contribution < -0.4 is 4.74 Å². The predicted octanol–water partition coefficient (Wildman–Crippen LogP) is 2.69. The van der Waals surface area contributed by atoms with Gasteiger partial charge in [-0.1, -0.05) is 12.1 Å². The van der Waals surface area contributed by atoms with E-state index >= 15 is 0 Å². The van der Waals surface area contributed by atoms with Crippen molar-refractivity contribution in [3.05, 3.63) is 52.0 Å². The van der Waals surface area contributed by atoms with E-state index < -0.39 is 9.84 Å². The molecule has 0 N–H and O–H groups in total. The Morgan fingerprint density at radius 1 is 1.37 bits per heavy atom. The summed E-state index contributed by atoms with van der Waals surface area (Å²) in [7, 11) is -1.36. The molecule has 2 heterocycles. The molecule has 6 nitrogen and oxygen atoms in total. The van der Waals surface area contributed by atoms with Crippen molar-refractivity contribution in [2.75, 3.05) is 18.6 Å². The van der Waals surface area contributed by atoms with Gasteiger partial charge in [-0.05, 0) is 37.1 Å². The molecule has 1 amide bonds. The van der Waals surface area contributed by atoms with Crippen LogP contribution in [0.15, 0.2) is 35.7 Å². The van der Waals surface area contributed by atoms with Gasteiger partial charge in [-0.3, -0.25) is 4.79 Å². The molecule has 1 aliphatic heterocycles. The van der Waals surface area contributed by atoms with Crippen molar-refractivity contribution in [2.24, 2.45) is 0 Å². The fourth-order valence-corrected chi connectivity index (χ4v) is 5.22. The van der Waals surface area contributed by atoms with E-state index in [1.807, 2.05) is 36.6 Å². The van der Waals surface area contributed by atoms with Crippen molar-refractivity contribution < 1.29 is 17.9 Å². The average Bonchev–Trinajstić information content (AvgIpc) is 3.23. The van der Waals surface area contributed by atoms with Crippen molar-refractivity contribution in [3.63, 3.8) is 0 Å². The second-order valence-electron chi connectivity index (χ2n) is 6.55. The van der Waals surface area contributed by atoms with Crippen LogP contribution in [0, 0.1) is 6.92 Å². The van der Waals surface area contributed by atoms with Gasteiger partial charge in [0.25, 0.3) is 0 Å². The normalized spacial score (nSPS) is 18.7. The van der Waals surface area contributed by atoms with Crippen molar-refractivity contribution in [3.8, 4) is 5.75 Å². The summed E-state index contributed by atoms with van der Waals surface area (Å²) >= 11 is 1.59. The van der Waals surface area contributed by atoms with Crippen LogP contribution in [0.4, 0.5) is 0 Å². The average molecular weight is 407 g/mol. The molecule has 0 spiro atoms. The number of sulfone groups is 1. The topological polar surface area (TPSA) is 76.6 Å². The highest BCUT2D eigenvalue weighted by Crippen LogP contribution is 2.18. The minimum atomic E-state index is -3.01. The molecule has 1 aliphatic rings. The summed E-state index contributed by atoms with van der Waals surface area (Å²) in [6.45, 7) is 2.38. The molecule has 27 heavy (non-hydrogen) atoms. The molecular weight excluding hydrogens is 384 g/mol. The SMILES string of the molecule is Cc1nc(COc2ccc(/C=C/C(=O)N(C)[C@H]3CCS(=O)(=O)C3)cc2)cs1. The number of benzene rings is 1. The van der Waals surface area contributed by atoms with Gasteiger partial charge in [-0.15, -0.1) is 11.3 Å². The summed E-state index contributed by atoms with van der Waals surface area (Å²) in [6.07, 6.45) is 3.69. The number of nitrogens with zero attached hydrogens (tertiary/aromatic N) is 2. The highest BCUT2D eigenvalue weighted by molar-refractivity contribution is 7.91. The van der Waals surface area contributed by atoms with Crippen molar-refractivity contribution >= 4 is 33.2 Å². The number of thiazole rings is 1. The lowest BCUT2D eigenvalue weighted by Gasteiger charge is -2.21. The number of hydrogen-bond acceptors (Lipinski definition) is 6. The van der Waals surface area contributed by atoms with E-state index in [0.717, 1.165) is 22.0 Å². The van der Waals surface area contributed by atoms with Gasteiger partial charge in [0, 0.05) is 24.5 Å². The van der Waals surface area contributed by atoms with Gasteiger partial charge in [0.2, 0.25) is 5.91 Å². The number of ether oxygens (including phenoxy) is 1. The Balaban J connectivity index is 1.53. The highest BCUT2D eigenvalue weighted by atomic mass is 32.2. The quantitative estimate of drug-likeness (QED) is 0.690. The van der Waals surface area contributed by atoms with Crippen LogP contribution in [-0.4, -0.2) is 48.8 Å². The molecule has 1 aromatic carbocycles. The zero-order chi connectivity index (χ0) is 19.4. The van der Waals surface area contributed by atoms with E-state index in [1.54, 1.807) is 24.5 Å². The van der Waals surface area contributed by atoms with Gasteiger partial charge in [-0.2, -0.15) is 0 Å². The molecule has 1 aromatic heterocycles. The fraction of sp³-hybridized carbons (Fsp3) is 0.368. The second-order valence-corrected chi connectivity index (χ2v) is 9.85. The van der Waals surface area contributed by atoms with E-state index in [-0.39, 0.29) is 23.5 Å². The zero-order valence-corrected chi connectivity index (χ0v) is 16.9. The molecular formula is C19H22N2O4S2. The lowest BCUT2D eigenvalue weighted by molar-refractivity contribution is -0.126. The fourth-order valence-electron chi connectivity index (χ4n) is 2.85. The first-order chi connectivity index (χ1) is 12.8. The van der Waals surface area contributed by atoms with Crippen LogP contribution >= 0.6 is 11.3 Å². The number of hydrogen-bond donors (Lipinski definition) is 0. The van der Waals surface area contributed by atoms with E-state index in [4.69, 9.17) is 4.74 Å². The maximum atomic E-state index is 12.3. The van der Waals surface area contributed by atoms with Gasteiger partial charge in [0.15, 0.2) is 9.84 Å². The Kier molecular flexibility index (Phi) is 5.96. The number of rotatable bonds is 6. The molecule has 1 atom stereocenters. The van der Waals surface area contributed by atoms with Crippen LogP contribution in [0.1, 0.15) is 22.7 Å². The highest BCUT2D eigenvalue weighted by Gasteiger charge is 2.31. The Morgan fingerprint density at radius 3 is 2.70 bits per heavy atom. The van der Waals surface area contributed by atoms with Crippen LogP contribution in [0.25, 0.3) is 6.08 Å². The number of aryl methyl sites for hydroxylation is 1. The molecule has 3 rings (SSSR count). The van der Waals surface area contributed by atoms with Crippen LogP contribution in [0.3, 0.4) is 0 Å². The van der Waals surface area contributed by atoms with Gasteiger partial charge in [-0.25, -0.2) is 13.4 Å². The molecule has 144 valence electrons. The number of amides is 1. The third kappa shape index (κ3) is 5.40. The molecule has 8 heteroatoms. The predicted molar refractivity (Wildman–Crippen MR) is 106 cm³/mol. The van der Waals surface area contributed by atoms with E-state index in [9.17, 15) is 13.2 Å². The van der Waals surface area contributed by atoms with Gasteiger partial charge >= 0.3 is 0 Å². The standard InChI is InChI=1S/C19H22N2O4S2/c1-14-20-16(12-26-14)11-25-18-6-3-15(4-7-18)5-8-19(22)21(2)17-9-10-27(23,24)13-17/h3-8,12,17H,9-11,13H2,1-2H3/b8-5+/t17-/m0/s1. The lowest BCUT2D eigenvalue weighted by Crippen LogP contribution is -2.36. The van der Waals surface area contributed by atoms with Gasteiger partial charge in [0.05, 0.1) is 22.2 Å². The molecule has 1 saturated heterocycles. The zero-order valence-electron chi connectivity index (χ0n) is 15.3. The minimum Gasteiger partial charge on any atom is -0.487 e. The third-order valence-corrected chi connectivity index (χ3v) is 7.03. The van der Waals surface area contributed by atoms with E-state index in [2.05, 4.69) is 4.98 Å². The maximum absolute atomic E-state index is 12.3. The number of aromatic nitrogens is 1. The van der Waals surface area contributed by atoms with Gasteiger partial charge in [0.1, 0.15) is 12.4 Å². The third-order valence-electron chi connectivity index (χ3n) is 4.46. The molecule has 2 aromatic rings. The number of carbonyl (C=O) groups excluding carboxylic acids is 1. The largest absolute Gasteiger partial charge is 0.487 e. The van der Waals surface area contributed by atoms with Crippen LogP contribution in [-0.2, 0) is 21.2 Å². The first kappa shape index (κ1) is 19.6. The van der Waals surface area contributed by atoms with Crippen LogP contribution in [0.2, 0.25) is 0 Å². The second kappa shape index (κ2) is 8.22. The summed E-state index contributed by atoms with van der Waals surface area (Å²) in [4.78, 5) is 18.1. The maximum Gasteiger partial charge on any atom is 0.246 e. The first-order valence-electron chi connectivity index (χ1n) is 8.61. The molecule has 0 aliphatic carbocycles. The molecule has 1 fully saturated rings.